The van der Waals surface area contributed by atoms with Crippen LogP contribution in [0.2, 0.25) is 5.02 Å². The number of aromatic nitrogens is 2. The molecule has 1 amide bonds. The number of amides is 1. The molecule has 0 bridgehead atoms. The summed E-state index contributed by atoms with van der Waals surface area (Å²) in [6, 6.07) is 2.91. The number of rotatable bonds is 9. The molecular formula is C20H26ClN3O5. The number of unbranched alkanes of at least 4 members (excludes halogenated alkanes) is 1. The minimum atomic E-state index is -0.694. The monoisotopic (exact) mass is 423 g/mol. The van der Waals surface area contributed by atoms with Gasteiger partial charge in [0.25, 0.3) is 5.91 Å². The van der Waals surface area contributed by atoms with E-state index < -0.39 is 18.5 Å². The first-order valence-electron chi connectivity index (χ1n) is 9.25. The number of esters is 1. The highest BCUT2D eigenvalue weighted by atomic mass is 35.5. The lowest BCUT2D eigenvalue weighted by Gasteiger charge is -2.14. The van der Waals surface area contributed by atoms with Crippen molar-refractivity contribution in [1.29, 1.82) is 0 Å². The molecule has 0 saturated heterocycles. The van der Waals surface area contributed by atoms with Crippen LogP contribution in [-0.4, -0.2) is 42.0 Å². The maximum Gasteiger partial charge on any atom is 0.338 e. The Morgan fingerprint density at radius 1 is 1.28 bits per heavy atom. The highest BCUT2D eigenvalue weighted by Gasteiger charge is 2.19. The summed E-state index contributed by atoms with van der Waals surface area (Å²) >= 11 is 6.24. The van der Waals surface area contributed by atoms with E-state index >= 15 is 0 Å². The van der Waals surface area contributed by atoms with Gasteiger partial charge in [-0.15, -0.1) is 0 Å². The molecule has 0 radical (unpaired) electrons. The van der Waals surface area contributed by atoms with Crippen LogP contribution in [0, 0.1) is 13.8 Å². The third-order valence-electron chi connectivity index (χ3n) is 4.32. The zero-order chi connectivity index (χ0) is 21.6. The number of anilines is 1. The van der Waals surface area contributed by atoms with E-state index in [-0.39, 0.29) is 10.6 Å². The van der Waals surface area contributed by atoms with E-state index in [2.05, 4.69) is 10.4 Å². The lowest BCUT2D eigenvalue weighted by molar-refractivity contribution is -0.119. The molecule has 158 valence electrons. The molecule has 2 aromatic rings. The number of methoxy groups -OCH3 is 1. The Labute approximate surface area is 175 Å². The highest BCUT2D eigenvalue weighted by molar-refractivity contribution is 6.32. The smallest absolute Gasteiger partial charge is 0.338 e. The van der Waals surface area contributed by atoms with Gasteiger partial charge in [0.1, 0.15) is 0 Å². The quantitative estimate of drug-likeness (QED) is 0.488. The summed E-state index contributed by atoms with van der Waals surface area (Å²) in [5.41, 5.74) is 2.25. The first-order chi connectivity index (χ1) is 13.8. The molecule has 0 unspecified atom stereocenters. The number of ether oxygens (including phenoxy) is 3. The molecule has 0 spiro atoms. The third kappa shape index (κ3) is 5.63. The number of benzene rings is 1. The number of carbonyl (C=O) groups excluding carboxylic acids is 2. The molecule has 9 heteroatoms. The Bertz CT molecular complexity index is 895. The predicted octanol–water partition coefficient (Wildman–Crippen LogP) is 3.67. The summed E-state index contributed by atoms with van der Waals surface area (Å²) in [5, 5.41) is 7.17. The number of hydrogen-bond acceptors (Lipinski definition) is 6. The number of hydrogen-bond donors (Lipinski definition) is 1. The Morgan fingerprint density at radius 2 is 2.00 bits per heavy atom. The molecule has 0 atom stereocenters. The van der Waals surface area contributed by atoms with Gasteiger partial charge in [-0.1, -0.05) is 24.9 Å². The summed E-state index contributed by atoms with van der Waals surface area (Å²) in [4.78, 5) is 24.5. The third-order valence-corrected chi connectivity index (χ3v) is 4.60. The summed E-state index contributed by atoms with van der Waals surface area (Å²) < 4.78 is 17.7. The van der Waals surface area contributed by atoms with Gasteiger partial charge in [0, 0.05) is 7.05 Å². The summed E-state index contributed by atoms with van der Waals surface area (Å²) in [7, 11) is 3.24. The van der Waals surface area contributed by atoms with Crippen molar-refractivity contribution in [2.24, 2.45) is 7.05 Å². The van der Waals surface area contributed by atoms with E-state index in [0.29, 0.717) is 29.5 Å². The van der Waals surface area contributed by atoms with Crippen LogP contribution in [0.15, 0.2) is 12.1 Å². The normalized spacial score (nSPS) is 10.6. The zero-order valence-electron chi connectivity index (χ0n) is 17.3. The summed E-state index contributed by atoms with van der Waals surface area (Å²) in [6.45, 7) is 5.71. The summed E-state index contributed by atoms with van der Waals surface area (Å²) in [5.74, 6) is -0.457. The van der Waals surface area contributed by atoms with Gasteiger partial charge in [-0.3, -0.25) is 9.48 Å². The fraction of sp³-hybridized carbons (Fsp3) is 0.450. The van der Waals surface area contributed by atoms with Crippen LogP contribution in [0.5, 0.6) is 11.5 Å². The van der Waals surface area contributed by atoms with Crippen molar-refractivity contribution in [1.82, 2.24) is 9.78 Å². The molecule has 1 heterocycles. The van der Waals surface area contributed by atoms with Gasteiger partial charge < -0.3 is 19.5 Å². The van der Waals surface area contributed by atoms with Crippen LogP contribution in [0.3, 0.4) is 0 Å². The average molecular weight is 424 g/mol. The largest absolute Gasteiger partial charge is 0.493 e. The van der Waals surface area contributed by atoms with Gasteiger partial charge in [0.05, 0.1) is 41.4 Å². The molecule has 1 N–H and O–H groups in total. The number of halogens is 1. The minimum absolute atomic E-state index is 0.163. The van der Waals surface area contributed by atoms with Crippen molar-refractivity contribution < 1.29 is 23.8 Å². The van der Waals surface area contributed by atoms with Crippen molar-refractivity contribution >= 4 is 29.2 Å². The van der Waals surface area contributed by atoms with E-state index in [1.165, 1.54) is 19.2 Å². The lowest BCUT2D eigenvalue weighted by Crippen LogP contribution is -2.21. The number of nitrogens with zero attached hydrogens (tertiary/aromatic N) is 2. The minimum Gasteiger partial charge on any atom is -0.493 e. The molecule has 0 aliphatic carbocycles. The van der Waals surface area contributed by atoms with E-state index in [1.807, 2.05) is 13.8 Å². The van der Waals surface area contributed by atoms with Gasteiger partial charge in [0.2, 0.25) is 0 Å². The molecular weight excluding hydrogens is 398 g/mol. The van der Waals surface area contributed by atoms with E-state index in [9.17, 15) is 9.59 Å². The average Bonchev–Trinajstić information content (AvgIpc) is 2.93. The van der Waals surface area contributed by atoms with Crippen molar-refractivity contribution in [3.63, 3.8) is 0 Å². The molecule has 0 aliphatic heterocycles. The molecule has 0 aliphatic rings. The molecule has 0 fully saturated rings. The predicted molar refractivity (Wildman–Crippen MR) is 110 cm³/mol. The first kappa shape index (κ1) is 22.5. The van der Waals surface area contributed by atoms with Crippen LogP contribution in [0.1, 0.15) is 41.5 Å². The zero-order valence-corrected chi connectivity index (χ0v) is 18.1. The Morgan fingerprint density at radius 3 is 2.59 bits per heavy atom. The highest BCUT2D eigenvalue weighted by Crippen LogP contribution is 2.36. The second kappa shape index (κ2) is 10.2. The maximum absolute atomic E-state index is 12.4. The number of aryl methyl sites for hydroxylation is 2. The maximum atomic E-state index is 12.4. The van der Waals surface area contributed by atoms with Crippen LogP contribution < -0.4 is 14.8 Å². The molecule has 8 nitrogen and oxygen atoms in total. The molecule has 1 aromatic heterocycles. The second-order valence-corrected chi connectivity index (χ2v) is 6.89. The SMILES string of the molecule is CCCCOc1c(Cl)cc(C(=O)OCC(=O)Nc2c(C)nn(C)c2C)cc1OC. The Kier molecular flexibility index (Phi) is 7.90. The molecule has 1 aromatic carbocycles. The Hall–Kier alpha value is -2.74. The number of carbonyl (C=O) groups is 2. The van der Waals surface area contributed by atoms with Crippen LogP contribution in [0.4, 0.5) is 5.69 Å². The lowest BCUT2D eigenvalue weighted by atomic mass is 10.2. The van der Waals surface area contributed by atoms with Crippen molar-refractivity contribution in [2.75, 3.05) is 25.6 Å². The van der Waals surface area contributed by atoms with Gasteiger partial charge in [-0.2, -0.15) is 5.10 Å². The van der Waals surface area contributed by atoms with Crippen molar-refractivity contribution in [2.45, 2.75) is 33.6 Å². The van der Waals surface area contributed by atoms with Crippen LogP contribution in [-0.2, 0) is 16.6 Å². The molecule has 0 saturated carbocycles. The standard InChI is InChI=1S/C20H26ClN3O5/c1-6-7-8-28-19-15(21)9-14(10-16(19)27-5)20(26)29-11-17(25)22-18-12(2)23-24(4)13(18)3/h9-10H,6-8,11H2,1-5H3,(H,22,25). The van der Waals surface area contributed by atoms with Gasteiger partial charge >= 0.3 is 5.97 Å². The van der Waals surface area contributed by atoms with Gasteiger partial charge in [-0.25, -0.2) is 4.79 Å². The van der Waals surface area contributed by atoms with E-state index in [0.717, 1.165) is 18.5 Å². The van der Waals surface area contributed by atoms with Gasteiger partial charge in [0.15, 0.2) is 18.1 Å². The second-order valence-electron chi connectivity index (χ2n) is 6.49. The van der Waals surface area contributed by atoms with Crippen molar-refractivity contribution in [3.05, 3.63) is 34.1 Å². The molecule has 2 rings (SSSR count). The fourth-order valence-electron chi connectivity index (χ4n) is 2.64. The van der Waals surface area contributed by atoms with Gasteiger partial charge in [-0.05, 0) is 32.4 Å². The Balaban J connectivity index is 2.02. The van der Waals surface area contributed by atoms with Crippen LogP contribution in [0.25, 0.3) is 0 Å². The molecule has 29 heavy (non-hydrogen) atoms. The first-order valence-corrected chi connectivity index (χ1v) is 9.63. The van der Waals surface area contributed by atoms with E-state index in [1.54, 1.807) is 18.7 Å². The number of nitrogens with one attached hydrogen (secondary N) is 1. The summed E-state index contributed by atoms with van der Waals surface area (Å²) in [6.07, 6.45) is 1.85. The fourth-order valence-corrected chi connectivity index (χ4v) is 2.91. The topological polar surface area (TPSA) is 91.7 Å². The van der Waals surface area contributed by atoms with E-state index in [4.69, 9.17) is 25.8 Å². The van der Waals surface area contributed by atoms with Crippen LogP contribution >= 0.6 is 11.6 Å². The van der Waals surface area contributed by atoms with Crippen molar-refractivity contribution in [3.8, 4) is 11.5 Å².